The number of rotatable bonds is 4. The molecule has 1 aromatic rings. The third kappa shape index (κ3) is 3.30. The minimum atomic E-state index is -1.19. The summed E-state index contributed by atoms with van der Waals surface area (Å²) < 4.78 is 0. The fraction of sp³-hybridized carbons (Fsp3) is 0.333. The molecule has 0 aliphatic rings. The number of aromatic amines is 2. The summed E-state index contributed by atoms with van der Waals surface area (Å²) in [5, 5.41) is 10.9. The zero-order chi connectivity index (χ0) is 13.0. The van der Waals surface area contributed by atoms with Gasteiger partial charge in [-0.15, -0.1) is 0 Å². The van der Waals surface area contributed by atoms with Gasteiger partial charge in [0.05, 0.1) is 0 Å². The lowest BCUT2D eigenvalue weighted by Gasteiger charge is -2.11. The van der Waals surface area contributed by atoms with Crippen molar-refractivity contribution in [2.45, 2.75) is 19.4 Å². The van der Waals surface area contributed by atoms with Crippen molar-refractivity contribution in [2.24, 2.45) is 0 Å². The number of nitrogens with one attached hydrogen (secondary N) is 3. The number of hydrogen-bond acceptors (Lipinski definition) is 4. The van der Waals surface area contributed by atoms with Crippen molar-refractivity contribution < 1.29 is 14.7 Å². The molecular weight excluding hydrogens is 230 g/mol. The predicted octanol–water partition coefficient (Wildman–Crippen LogP) is -1.34. The summed E-state index contributed by atoms with van der Waals surface area (Å²) in [6.45, 7) is 1.58. The molecule has 0 aliphatic heterocycles. The molecule has 8 nitrogen and oxygen atoms in total. The van der Waals surface area contributed by atoms with Crippen LogP contribution in [0.2, 0.25) is 0 Å². The van der Waals surface area contributed by atoms with Gasteiger partial charge < -0.3 is 15.4 Å². The first-order valence-electron chi connectivity index (χ1n) is 4.81. The van der Waals surface area contributed by atoms with Crippen molar-refractivity contribution in [3.05, 3.63) is 32.6 Å². The van der Waals surface area contributed by atoms with Gasteiger partial charge in [-0.3, -0.25) is 14.6 Å². The summed E-state index contributed by atoms with van der Waals surface area (Å²) in [5.74, 6) is -2.00. The normalized spacial score (nSPS) is 11.8. The van der Waals surface area contributed by atoms with Crippen molar-refractivity contribution in [1.82, 2.24) is 15.3 Å². The Hall–Kier alpha value is -2.38. The van der Waals surface area contributed by atoms with Crippen LogP contribution in [-0.4, -0.2) is 33.0 Å². The van der Waals surface area contributed by atoms with Gasteiger partial charge in [-0.1, -0.05) is 6.92 Å². The highest BCUT2D eigenvalue weighted by atomic mass is 16.4. The molecule has 0 radical (unpaired) electrons. The number of amides is 1. The lowest BCUT2D eigenvalue weighted by atomic mass is 10.2. The Kier molecular flexibility index (Phi) is 3.81. The van der Waals surface area contributed by atoms with Crippen LogP contribution < -0.4 is 16.6 Å². The molecule has 8 heteroatoms. The molecule has 4 N–H and O–H groups in total. The topological polar surface area (TPSA) is 132 Å². The van der Waals surface area contributed by atoms with Crippen LogP contribution in [0.25, 0.3) is 0 Å². The smallest absolute Gasteiger partial charge is 0.326 e. The molecule has 0 spiro atoms. The minimum absolute atomic E-state index is 0.189. The molecule has 1 amide bonds. The highest BCUT2D eigenvalue weighted by Gasteiger charge is 2.19. The average Bonchev–Trinajstić information content (AvgIpc) is 2.23. The standard InChI is InChI=1S/C9H11N3O5/c1-2-4(8(15)16)10-7(14)5-3-6(13)12-9(17)11-5/h3-4H,2H2,1H3,(H,10,14)(H,15,16)(H2,11,12,13,17)/t4-/m1/s1. The maximum atomic E-state index is 11.5. The largest absolute Gasteiger partial charge is 0.480 e. The van der Waals surface area contributed by atoms with Gasteiger partial charge in [0.15, 0.2) is 0 Å². The Labute approximate surface area is 94.7 Å². The number of carboxylic acids is 1. The number of carbonyl (C=O) groups excluding carboxylic acids is 1. The minimum Gasteiger partial charge on any atom is -0.480 e. The van der Waals surface area contributed by atoms with E-state index in [9.17, 15) is 19.2 Å². The van der Waals surface area contributed by atoms with E-state index in [0.717, 1.165) is 6.07 Å². The van der Waals surface area contributed by atoms with Gasteiger partial charge in [-0.25, -0.2) is 9.59 Å². The molecule has 1 rings (SSSR count). The van der Waals surface area contributed by atoms with Crippen molar-refractivity contribution in [3.8, 4) is 0 Å². The SMILES string of the molecule is CC[C@@H](NC(=O)c1cc(=O)[nH]c(=O)[nH]1)C(=O)O. The van der Waals surface area contributed by atoms with Gasteiger partial charge in [-0.05, 0) is 6.42 Å². The molecule has 0 aliphatic carbocycles. The van der Waals surface area contributed by atoms with Gasteiger partial charge >= 0.3 is 11.7 Å². The number of H-pyrrole nitrogens is 2. The lowest BCUT2D eigenvalue weighted by Crippen LogP contribution is -2.41. The summed E-state index contributed by atoms with van der Waals surface area (Å²) in [6, 6.07) is -0.184. The summed E-state index contributed by atoms with van der Waals surface area (Å²) >= 11 is 0. The van der Waals surface area contributed by atoms with Gasteiger partial charge in [-0.2, -0.15) is 0 Å². The van der Waals surface area contributed by atoms with Crippen LogP contribution in [0.15, 0.2) is 15.7 Å². The summed E-state index contributed by atoms with van der Waals surface area (Å²) in [7, 11) is 0. The molecule has 0 saturated carbocycles. The second-order valence-electron chi connectivity index (χ2n) is 3.27. The number of aliphatic carboxylic acids is 1. The Morgan fingerprint density at radius 3 is 2.53 bits per heavy atom. The van der Waals surface area contributed by atoms with Crippen LogP contribution >= 0.6 is 0 Å². The average molecular weight is 241 g/mol. The number of carboxylic acid groups (broad SMARTS) is 1. The van der Waals surface area contributed by atoms with E-state index < -0.39 is 29.2 Å². The van der Waals surface area contributed by atoms with Crippen molar-refractivity contribution in [2.75, 3.05) is 0 Å². The lowest BCUT2D eigenvalue weighted by molar-refractivity contribution is -0.139. The van der Waals surface area contributed by atoms with E-state index in [2.05, 4.69) is 10.3 Å². The van der Waals surface area contributed by atoms with E-state index in [1.807, 2.05) is 4.98 Å². The molecule has 0 fully saturated rings. The molecule has 0 saturated heterocycles. The molecule has 1 aromatic heterocycles. The fourth-order valence-corrected chi connectivity index (χ4v) is 1.17. The molecule has 0 bridgehead atoms. The Morgan fingerprint density at radius 1 is 1.41 bits per heavy atom. The van der Waals surface area contributed by atoms with Crippen LogP contribution in [0, 0.1) is 0 Å². The summed E-state index contributed by atoms with van der Waals surface area (Å²) in [4.78, 5) is 48.0. The van der Waals surface area contributed by atoms with Crippen LogP contribution in [0.5, 0.6) is 0 Å². The second-order valence-corrected chi connectivity index (χ2v) is 3.27. The molecule has 92 valence electrons. The first-order chi connectivity index (χ1) is 7.93. The highest BCUT2D eigenvalue weighted by molar-refractivity contribution is 5.94. The first kappa shape index (κ1) is 12.7. The van der Waals surface area contributed by atoms with Crippen LogP contribution in [0.1, 0.15) is 23.8 Å². The van der Waals surface area contributed by atoms with Gasteiger partial charge in [0.1, 0.15) is 11.7 Å². The van der Waals surface area contributed by atoms with E-state index >= 15 is 0 Å². The Bertz CT molecular complexity index is 516. The van der Waals surface area contributed by atoms with Gasteiger partial charge in [0.25, 0.3) is 11.5 Å². The Morgan fingerprint density at radius 2 is 2.06 bits per heavy atom. The number of hydrogen-bond donors (Lipinski definition) is 4. The zero-order valence-corrected chi connectivity index (χ0v) is 8.94. The van der Waals surface area contributed by atoms with Gasteiger partial charge in [0, 0.05) is 6.07 Å². The summed E-state index contributed by atoms with van der Waals surface area (Å²) in [5.41, 5.74) is -1.84. The van der Waals surface area contributed by atoms with Gasteiger partial charge in [0.2, 0.25) is 0 Å². The maximum Gasteiger partial charge on any atom is 0.326 e. The zero-order valence-electron chi connectivity index (χ0n) is 8.94. The van der Waals surface area contributed by atoms with Crippen molar-refractivity contribution in [3.63, 3.8) is 0 Å². The molecule has 1 heterocycles. The third-order valence-electron chi connectivity index (χ3n) is 2.02. The first-order valence-corrected chi connectivity index (χ1v) is 4.81. The summed E-state index contributed by atoms with van der Waals surface area (Å²) in [6.07, 6.45) is 0.189. The van der Waals surface area contributed by atoms with Crippen molar-refractivity contribution >= 4 is 11.9 Å². The Balaban J connectivity index is 2.93. The monoisotopic (exact) mass is 241 g/mol. The molecule has 0 unspecified atom stereocenters. The predicted molar refractivity (Wildman–Crippen MR) is 56.9 cm³/mol. The quantitative estimate of drug-likeness (QED) is 0.517. The number of aromatic nitrogens is 2. The molecular formula is C9H11N3O5. The van der Waals surface area contributed by atoms with Crippen molar-refractivity contribution in [1.29, 1.82) is 0 Å². The van der Waals surface area contributed by atoms with Crippen LogP contribution in [0.4, 0.5) is 0 Å². The third-order valence-corrected chi connectivity index (χ3v) is 2.02. The van der Waals surface area contributed by atoms with E-state index in [0.29, 0.717) is 0 Å². The fourth-order valence-electron chi connectivity index (χ4n) is 1.17. The molecule has 0 aromatic carbocycles. The van der Waals surface area contributed by atoms with E-state index in [1.165, 1.54) is 0 Å². The molecule has 17 heavy (non-hydrogen) atoms. The number of carbonyl (C=O) groups is 2. The van der Waals surface area contributed by atoms with Crippen LogP contribution in [-0.2, 0) is 4.79 Å². The second kappa shape index (κ2) is 5.10. The highest BCUT2D eigenvalue weighted by Crippen LogP contribution is 1.94. The molecule has 1 atom stereocenters. The van der Waals surface area contributed by atoms with Crippen LogP contribution in [0.3, 0.4) is 0 Å². The van der Waals surface area contributed by atoms with E-state index in [1.54, 1.807) is 6.92 Å². The van der Waals surface area contributed by atoms with E-state index in [4.69, 9.17) is 5.11 Å². The maximum absolute atomic E-state index is 11.5. The van der Waals surface area contributed by atoms with E-state index in [-0.39, 0.29) is 12.1 Å².